The summed E-state index contributed by atoms with van der Waals surface area (Å²) < 4.78 is 6.29. The third kappa shape index (κ3) is 7.22. The highest BCUT2D eigenvalue weighted by molar-refractivity contribution is 9.10. The number of ether oxygens (including phenoxy) is 1. The molecule has 2 rings (SSSR count). The Balaban J connectivity index is 1.78. The zero-order valence-corrected chi connectivity index (χ0v) is 16.9. The Labute approximate surface area is 167 Å². The minimum Gasteiger partial charge on any atom is -0.484 e. The van der Waals surface area contributed by atoms with Crippen LogP contribution in [0.3, 0.4) is 0 Å². The van der Waals surface area contributed by atoms with Crippen LogP contribution in [0.5, 0.6) is 5.75 Å². The molecule has 0 aliphatic heterocycles. The van der Waals surface area contributed by atoms with Crippen LogP contribution in [0.1, 0.15) is 25.8 Å². The van der Waals surface area contributed by atoms with E-state index in [4.69, 9.17) is 4.74 Å². The number of hydrogen-bond donors (Lipinski definition) is 2. The SMILES string of the molecule is CCc1ccccc1NC(=O)C/C(C)=N/NC(=O)COc1ccc(Br)cc1. The molecule has 2 aromatic rings. The van der Waals surface area contributed by atoms with Gasteiger partial charge in [-0.15, -0.1) is 0 Å². The van der Waals surface area contributed by atoms with E-state index in [-0.39, 0.29) is 18.9 Å². The van der Waals surface area contributed by atoms with Gasteiger partial charge in [-0.1, -0.05) is 41.1 Å². The molecule has 2 aromatic carbocycles. The fourth-order valence-corrected chi connectivity index (χ4v) is 2.55. The lowest BCUT2D eigenvalue weighted by molar-refractivity contribution is -0.123. The van der Waals surface area contributed by atoms with Gasteiger partial charge in [-0.25, -0.2) is 5.43 Å². The van der Waals surface area contributed by atoms with Gasteiger partial charge in [0.2, 0.25) is 5.91 Å². The van der Waals surface area contributed by atoms with E-state index in [0.29, 0.717) is 11.5 Å². The van der Waals surface area contributed by atoms with Crippen molar-refractivity contribution in [3.8, 4) is 5.75 Å². The molecule has 0 aromatic heterocycles. The van der Waals surface area contributed by atoms with Crippen LogP contribution in [-0.4, -0.2) is 24.1 Å². The molecule has 0 heterocycles. The number of carbonyl (C=O) groups excluding carboxylic acids is 2. The molecule has 0 radical (unpaired) electrons. The topological polar surface area (TPSA) is 79.8 Å². The number of anilines is 1. The fourth-order valence-electron chi connectivity index (χ4n) is 2.29. The van der Waals surface area contributed by atoms with Gasteiger partial charge in [0.25, 0.3) is 5.91 Å². The number of para-hydroxylation sites is 1. The van der Waals surface area contributed by atoms with Crippen molar-refractivity contribution in [2.45, 2.75) is 26.7 Å². The van der Waals surface area contributed by atoms with Crippen LogP contribution in [0.15, 0.2) is 58.1 Å². The predicted molar refractivity (Wildman–Crippen MR) is 110 cm³/mol. The standard InChI is InChI=1S/C20H22BrN3O3/c1-3-15-6-4-5-7-18(15)22-19(25)12-14(2)23-24-20(26)13-27-17-10-8-16(21)9-11-17/h4-11H,3,12-13H2,1-2H3,(H,22,25)(H,24,26)/b23-14+. The lowest BCUT2D eigenvalue weighted by atomic mass is 10.1. The highest BCUT2D eigenvalue weighted by atomic mass is 79.9. The number of aryl methyl sites for hydroxylation is 1. The van der Waals surface area contributed by atoms with E-state index in [2.05, 4.69) is 31.8 Å². The molecular formula is C20H22BrN3O3. The van der Waals surface area contributed by atoms with Gasteiger partial charge in [0.15, 0.2) is 6.61 Å². The lowest BCUT2D eigenvalue weighted by Crippen LogP contribution is -2.26. The summed E-state index contributed by atoms with van der Waals surface area (Å²) >= 11 is 3.33. The van der Waals surface area contributed by atoms with Crippen LogP contribution in [0, 0.1) is 0 Å². The number of amides is 2. The van der Waals surface area contributed by atoms with Crippen LogP contribution in [-0.2, 0) is 16.0 Å². The van der Waals surface area contributed by atoms with Crippen molar-refractivity contribution in [3.05, 3.63) is 58.6 Å². The number of nitrogens with one attached hydrogen (secondary N) is 2. The smallest absolute Gasteiger partial charge is 0.277 e. The van der Waals surface area contributed by atoms with Crippen LogP contribution in [0.2, 0.25) is 0 Å². The largest absolute Gasteiger partial charge is 0.484 e. The zero-order chi connectivity index (χ0) is 19.6. The average molecular weight is 432 g/mol. The molecule has 142 valence electrons. The molecule has 0 bridgehead atoms. The van der Waals surface area contributed by atoms with Gasteiger partial charge in [-0.05, 0) is 49.2 Å². The summed E-state index contributed by atoms with van der Waals surface area (Å²) in [6.45, 7) is 3.55. The van der Waals surface area contributed by atoms with E-state index < -0.39 is 5.91 Å². The van der Waals surface area contributed by atoms with E-state index in [1.54, 1.807) is 19.1 Å². The van der Waals surface area contributed by atoms with Crippen molar-refractivity contribution in [3.63, 3.8) is 0 Å². The normalized spacial score (nSPS) is 11.0. The summed E-state index contributed by atoms with van der Waals surface area (Å²) in [4.78, 5) is 23.9. The van der Waals surface area contributed by atoms with Gasteiger partial charge in [0.1, 0.15) is 5.75 Å². The number of carbonyl (C=O) groups is 2. The first-order chi connectivity index (χ1) is 13.0. The third-order valence-corrected chi connectivity index (χ3v) is 4.17. The van der Waals surface area contributed by atoms with Crippen molar-refractivity contribution in [1.29, 1.82) is 0 Å². The van der Waals surface area contributed by atoms with Crippen LogP contribution in [0.25, 0.3) is 0 Å². The van der Waals surface area contributed by atoms with E-state index in [1.165, 1.54) is 0 Å². The number of benzene rings is 2. The quantitative estimate of drug-likeness (QED) is 0.490. The van der Waals surface area contributed by atoms with Gasteiger partial charge in [0, 0.05) is 15.9 Å². The Hall–Kier alpha value is -2.67. The van der Waals surface area contributed by atoms with Crippen molar-refractivity contribution in [1.82, 2.24) is 5.43 Å². The van der Waals surface area contributed by atoms with Crippen molar-refractivity contribution < 1.29 is 14.3 Å². The number of hydrazone groups is 1. The van der Waals surface area contributed by atoms with Gasteiger partial charge in [-0.3, -0.25) is 9.59 Å². The number of rotatable bonds is 8. The number of nitrogens with zero attached hydrogens (tertiary/aromatic N) is 1. The maximum atomic E-state index is 12.1. The Morgan fingerprint density at radius 3 is 2.48 bits per heavy atom. The maximum Gasteiger partial charge on any atom is 0.277 e. The number of hydrogen-bond acceptors (Lipinski definition) is 4. The summed E-state index contributed by atoms with van der Waals surface area (Å²) in [5, 5.41) is 6.81. The Morgan fingerprint density at radius 2 is 1.78 bits per heavy atom. The molecule has 2 N–H and O–H groups in total. The summed E-state index contributed by atoms with van der Waals surface area (Å²) in [5.41, 5.74) is 4.75. The summed E-state index contributed by atoms with van der Waals surface area (Å²) in [7, 11) is 0. The minimum absolute atomic E-state index is 0.0892. The first-order valence-electron chi connectivity index (χ1n) is 8.56. The highest BCUT2D eigenvalue weighted by Gasteiger charge is 2.08. The van der Waals surface area contributed by atoms with Crippen LogP contribution >= 0.6 is 15.9 Å². The Morgan fingerprint density at radius 1 is 1.07 bits per heavy atom. The average Bonchev–Trinajstić information content (AvgIpc) is 2.66. The highest BCUT2D eigenvalue weighted by Crippen LogP contribution is 2.16. The van der Waals surface area contributed by atoms with Gasteiger partial charge < -0.3 is 10.1 Å². The number of halogens is 1. The molecule has 0 atom stereocenters. The zero-order valence-electron chi connectivity index (χ0n) is 15.3. The first-order valence-corrected chi connectivity index (χ1v) is 9.35. The second kappa shape index (κ2) is 10.5. The van der Waals surface area contributed by atoms with Crippen molar-refractivity contribution >= 4 is 39.1 Å². The Bertz CT molecular complexity index is 819. The summed E-state index contributed by atoms with van der Waals surface area (Å²) in [6.07, 6.45) is 0.920. The predicted octanol–water partition coefficient (Wildman–Crippen LogP) is 3.91. The lowest BCUT2D eigenvalue weighted by Gasteiger charge is -2.09. The minimum atomic E-state index is -0.394. The summed E-state index contributed by atoms with van der Waals surface area (Å²) in [6, 6.07) is 14.8. The molecule has 0 spiro atoms. The molecule has 0 saturated carbocycles. The molecule has 2 amide bonds. The van der Waals surface area contributed by atoms with Gasteiger partial charge >= 0.3 is 0 Å². The third-order valence-electron chi connectivity index (χ3n) is 3.64. The molecule has 0 unspecified atom stereocenters. The van der Waals surface area contributed by atoms with E-state index in [1.807, 2.05) is 43.3 Å². The molecule has 6 nitrogen and oxygen atoms in total. The van der Waals surface area contributed by atoms with Crippen molar-refractivity contribution in [2.75, 3.05) is 11.9 Å². The second-order valence-corrected chi connectivity index (χ2v) is 6.78. The molecule has 0 aliphatic rings. The Kier molecular flexibility index (Phi) is 8.00. The van der Waals surface area contributed by atoms with E-state index in [0.717, 1.165) is 22.1 Å². The second-order valence-electron chi connectivity index (χ2n) is 5.86. The van der Waals surface area contributed by atoms with Crippen LogP contribution in [0.4, 0.5) is 5.69 Å². The molecule has 27 heavy (non-hydrogen) atoms. The summed E-state index contributed by atoms with van der Waals surface area (Å²) in [5.74, 6) is 0.00883. The molecule has 0 fully saturated rings. The van der Waals surface area contributed by atoms with Gasteiger partial charge in [-0.2, -0.15) is 5.10 Å². The molecule has 0 aliphatic carbocycles. The van der Waals surface area contributed by atoms with E-state index >= 15 is 0 Å². The maximum absolute atomic E-state index is 12.1. The van der Waals surface area contributed by atoms with Gasteiger partial charge in [0.05, 0.1) is 6.42 Å². The molecule has 7 heteroatoms. The van der Waals surface area contributed by atoms with Crippen molar-refractivity contribution in [2.24, 2.45) is 5.10 Å². The monoisotopic (exact) mass is 431 g/mol. The molecule has 0 saturated heterocycles. The molecular weight excluding hydrogens is 410 g/mol. The van der Waals surface area contributed by atoms with E-state index in [9.17, 15) is 9.59 Å². The fraction of sp³-hybridized carbons (Fsp3) is 0.250. The van der Waals surface area contributed by atoms with Crippen LogP contribution < -0.4 is 15.5 Å². The first kappa shape index (κ1) is 20.6.